The van der Waals surface area contributed by atoms with E-state index >= 15 is 0 Å². The monoisotopic (exact) mass is 536 g/mol. The molecule has 0 heterocycles. The summed E-state index contributed by atoms with van der Waals surface area (Å²) >= 11 is 0. The van der Waals surface area contributed by atoms with Crippen LogP contribution in [0, 0.1) is 23.2 Å². The molecule has 40 heavy (non-hydrogen) atoms. The van der Waals surface area contributed by atoms with Crippen molar-refractivity contribution >= 4 is 5.78 Å². The van der Waals surface area contributed by atoms with Crippen LogP contribution in [0.3, 0.4) is 0 Å². The van der Waals surface area contributed by atoms with Gasteiger partial charge in [0, 0.05) is 12.8 Å². The van der Waals surface area contributed by atoms with Gasteiger partial charge in [0.15, 0.2) is 0 Å². The van der Waals surface area contributed by atoms with Crippen LogP contribution in [0.1, 0.15) is 87.0 Å². The molecule has 0 aliphatic heterocycles. The molecule has 210 valence electrons. The minimum Gasteiger partial charge on any atom is -0.489 e. The molecule has 0 saturated heterocycles. The fourth-order valence-electron chi connectivity index (χ4n) is 8.57. The molecule has 6 rings (SSSR count). The van der Waals surface area contributed by atoms with E-state index in [1.165, 1.54) is 35.1 Å². The van der Waals surface area contributed by atoms with Crippen molar-refractivity contribution in [1.29, 1.82) is 0 Å². The van der Waals surface area contributed by atoms with Gasteiger partial charge >= 0.3 is 0 Å². The summed E-state index contributed by atoms with van der Waals surface area (Å²) in [5.74, 6) is 3.49. The number of rotatable bonds is 10. The van der Waals surface area contributed by atoms with Crippen LogP contribution >= 0.6 is 0 Å². The molecule has 3 aliphatic rings. The lowest BCUT2D eigenvalue weighted by atomic mass is 9.51. The van der Waals surface area contributed by atoms with Gasteiger partial charge in [-0.1, -0.05) is 80.6 Å². The van der Waals surface area contributed by atoms with Gasteiger partial charge in [0.1, 0.15) is 18.1 Å². The van der Waals surface area contributed by atoms with Crippen molar-refractivity contribution in [1.82, 2.24) is 0 Å². The zero-order valence-corrected chi connectivity index (χ0v) is 24.2. The molecular weight excluding hydrogens is 492 g/mol. The lowest BCUT2D eigenvalue weighted by Crippen LogP contribution is -2.48. The second-order valence-corrected chi connectivity index (χ2v) is 12.8. The van der Waals surface area contributed by atoms with E-state index in [0.29, 0.717) is 55.5 Å². The molecule has 1 unspecified atom stereocenters. The quantitative estimate of drug-likeness (QED) is 0.260. The summed E-state index contributed by atoms with van der Waals surface area (Å²) < 4.78 is 12.9. The van der Waals surface area contributed by atoms with Gasteiger partial charge in [-0.15, -0.1) is 0 Å². The van der Waals surface area contributed by atoms with Crippen molar-refractivity contribution in [2.75, 3.05) is 0 Å². The van der Waals surface area contributed by atoms with Gasteiger partial charge < -0.3 is 9.47 Å². The first-order chi connectivity index (χ1) is 19.5. The topological polar surface area (TPSA) is 35.5 Å². The average Bonchev–Trinajstić information content (AvgIpc) is 3.31. The first-order valence-electron chi connectivity index (χ1n) is 15.5. The number of ketones is 1. The molecular formula is C37H44O3. The van der Waals surface area contributed by atoms with Crippen molar-refractivity contribution in [3.8, 4) is 5.75 Å². The fraction of sp³-hybridized carbons (Fsp3) is 0.486. The number of ether oxygens (including phenoxy) is 2. The first-order valence-corrected chi connectivity index (χ1v) is 15.5. The summed E-state index contributed by atoms with van der Waals surface area (Å²) in [6, 6.07) is 27.7. The Balaban J connectivity index is 1.24. The Kier molecular flexibility index (Phi) is 8.12. The smallest absolute Gasteiger partial charge is 0.133 e. The molecule has 0 spiro atoms. The van der Waals surface area contributed by atoms with Crippen molar-refractivity contribution in [3.63, 3.8) is 0 Å². The zero-order chi connectivity index (χ0) is 27.5. The summed E-state index contributed by atoms with van der Waals surface area (Å²) in [6.07, 6.45) is 8.33. The van der Waals surface area contributed by atoms with Crippen molar-refractivity contribution in [2.24, 2.45) is 23.2 Å². The van der Waals surface area contributed by atoms with E-state index in [-0.39, 0.29) is 11.5 Å². The minimum atomic E-state index is 0.128. The van der Waals surface area contributed by atoms with Crippen LogP contribution in [0.15, 0.2) is 78.9 Å². The second kappa shape index (κ2) is 11.9. The number of fused-ring (bicyclic) bond motifs is 5. The van der Waals surface area contributed by atoms with Gasteiger partial charge in [-0.25, -0.2) is 0 Å². The normalized spacial score (nSPS) is 28.8. The van der Waals surface area contributed by atoms with Crippen LogP contribution < -0.4 is 4.74 Å². The van der Waals surface area contributed by atoms with E-state index in [4.69, 9.17) is 9.47 Å². The maximum absolute atomic E-state index is 13.1. The van der Waals surface area contributed by atoms with E-state index in [2.05, 4.69) is 86.6 Å². The summed E-state index contributed by atoms with van der Waals surface area (Å²) in [5.41, 5.74) is 5.47. The Morgan fingerprint density at radius 3 is 2.35 bits per heavy atom. The Morgan fingerprint density at radius 2 is 1.62 bits per heavy atom. The first kappa shape index (κ1) is 27.3. The molecule has 0 amide bonds. The Morgan fingerprint density at radius 1 is 0.900 bits per heavy atom. The van der Waals surface area contributed by atoms with Gasteiger partial charge in [0.2, 0.25) is 0 Å². The molecule has 0 N–H and O–H groups in total. The van der Waals surface area contributed by atoms with E-state index in [9.17, 15) is 4.79 Å². The number of Topliss-reactive ketones (excluding diaryl/α,β-unsaturated/α-hetero) is 1. The summed E-state index contributed by atoms with van der Waals surface area (Å²) in [7, 11) is 0. The molecule has 2 fully saturated rings. The number of hydrogen-bond donors (Lipinski definition) is 0. The largest absolute Gasteiger partial charge is 0.489 e. The molecule has 0 radical (unpaired) electrons. The van der Waals surface area contributed by atoms with Crippen LogP contribution in [0.25, 0.3) is 0 Å². The second-order valence-electron chi connectivity index (χ2n) is 12.8. The van der Waals surface area contributed by atoms with Crippen molar-refractivity contribution in [2.45, 2.75) is 90.4 Å². The molecule has 0 bridgehead atoms. The lowest BCUT2D eigenvalue weighted by molar-refractivity contribution is -0.124. The molecule has 3 aliphatic carbocycles. The molecule has 3 heteroatoms. The fourth-order valence-corrected chi connectivity index (χ4v) is 8.57. The maximum atomic E-state index is 13.1. The molecule has 6 atom stereocenters. The number of carbonyl (C=O) groups is 1. The maximum Gasteiger partial charge on any atom is 0.133 e. The summed E-state index contributed by atoms with van der Waals surface area (Å²) in [4.78, 5) is 13.1. The van der Waals surface area contributed by atoms with Crippen LogP contribution in [-0.2, 0) is 29.2 Å². The highest BCUT2D eigenvalue weighted by Gasteiger charge is 2.58. The van der Waals surface area contributed by atoms with Gasteiger partial charge in [0.05, 0.1) is 12.7 Å². The van der Waals surface area contributed by atoms with Crippen LogP contribution in [0.2, 0.25) is 0 Å². The van der Waals surface area contributed by atoms with Crippen LogP contribution in [0.5, 0.6) is 5.75 Å². The minimum absolute atomic E-state index is 0.128. The molecule has 3 nitrogen and oxygen atoms in total. The average molecular weight is 537 g/mol. The van der Waals surface area contributed by atoms with Gasteiger partial charge in [0.25, 0.3) is 0 Å². The predicted molar refractivity (Wildman–Crippen MR) is 160 cm³/mol. The van der Waals surface area contributed by atoms with Crippen molar-refractivity contribution < 1.29 is 14.3 Å². The van der Waals surface area contributed by atoms with E-state index in [1.807, 2.05) is 6.07 Å². The third-order valence-electron chi connectivity index (χ3n) is 10.3. The number of benzene rings is 3. The van der Waals surface area contributed by atoms with Gasteiger partial charge in [-0.2, -0.15) is 0 Å². The molecule has 0 aromatic heterocycles. The molecule has 3 aromatic carbocycles. The lowest BCUT2D eigenvalue weighted by Gasteiger charge is -2.54. The van der Waals surface area contributed by atoms with E-state index < -0.39 is 0 Å². The number of carbonyl (C=O) groups excluding carboxylic acids is 1. The Labute approximate surface area is 240 Å². The van der Waals surface area contributed by atoms with Gasteiger partial charge in [-0.05, 0) is 102 Å². The number of aryl methyl sites for hydroxylation is 1. The predicted octanol–water partition coefficient (Wildman–Crippen LogP) is 8.69. The standard InChI is InChI=1S/C37H44O3/c1-3-10-30(38)21-29-23-37(2)34(19-20-35(37)40-25-27-13-8-5-9-14-27)33-17-15-28-22-31(16-18-32(28)36(29)33)39-24-26-11-6-4-7-12-26/h4-9,11-14,16,18,22,29,33-36H,3,10,15,17,19-21,23-25H2,1-2H3/t29-,33-,34-,35?,36+,37-/m0/s1. The Hall–Kier alpha value is -2.91. The van der Waals surface area contributed by atoms with Crippen molar-refractivity contribution in [3.05, 3.63) is 101 Å². The van der Waals surface area contributed by atoms with Crippen LogP contribution in [0.4, 0.5) is 0 Å². The zero-order valence-electron chi connectivity index (χ0n) is 24.2. The number of hydrogen-bond acceptors (Lipinski definition) is 3. The third kappa shape index (κ3) is 5.50. The van der Waals surface area contributed by atoms with E-state index in [0.717, 1.165) is 31.4 Å². The highest BCUT2D eigenvalue weighted by atomic mass is 16.5. The summed E-state index contributed by atoms with van der Waals surface area (Å²) in [5, 5.41) is 0. The third-order valence-corrected chi connectivity index (χ3v) is 10.3. The molecule has 2 saturated carbocycles. The molecule has 3 aromatic rings. The van der Waals surface area contributed by atoms with Crippen LogP contribution in [-0.4, -0.2) is 11.9 Å². The summed E-state index contributed by atoms with van der Waals surface area (Å²) in [6.45, 7) is 5.88. The highest BCUT2D eigenvalue weighted by molar-refractivity contribution is 5.78. The van der Waals surface area contributed by atoms with Gasteiger partial charge in [-0.3, -0.25) is 4.79 Å². The highest BCUT2D eigenvalue weighted by Crippen LogP contribution is 2.64. The van der Waals surface area contributed by atoms with E-state index in [1.54, 1.807) is 0 Å². The SMILES string of the molecule is CCCC(=O)C[C@H]1C[C@]2(C)C(OCc3ccccc3)CC[C@H]2[C@@H]2CCc3cc(OCc4ccccc4)ccc3[C@@H]12. The Bertz CT molecular complexity index is 1290.